The molecule has 4 nitrogen and oxygen atoms in total. The minimum absolute atomic E-state index is 0.0166. The maximum Gasteiger partial charge on any atom is 0.337 e. The molecule has 0 bridgehead atoms. The van der Waals surface area contributed by atoms with Gasteiger partial charge in [0.2, 0.25) is 0 Å². The first-order chi connectivity index (χ1) is 9.29. The van der Waals surface area contributed by atoms with E-state index >= 15 is 0 Å². The third-order valence-electron chi connectivity index (χ3n) is 2.49. The molecule has 0 aliphatic carbocycles. The molecule has 0 saturated carbocycles. The van der Waals surface area contributed by atoms with Gasteiger partial charge in [-0.1, -0.05) is 23.2 Å². The lowest BCUT2D eigenvalue weighted by Crippen LogP contribution is -2.05. The van der Waals surface area contributed by atoms with E-state index in [0.717, 1.165) is 6.07 Å². The summed E-state index contributed by atoms with van der Waals surface area (Å²) in [6.07, 6.45) is 0. The fourth-order valence-electron chi connectivity index (χ4n) is 1.56. The second kappa shape index (κ2) is 5.73. The molecular formula is C12H8Cl2O4S2. The van der Waals surface area contributed by atoms with Crippen LogP contribution < -0.4 is 0 Å². The average molecular weight is 351 g/mol. The monoisotopic (exact) mass is 350 g/mol. The van der Waals surface area contributed by atoms with Crippen molar-refractivity contribution < 1.29 is 18.3 Å². The fraction of sp³-hybridized carbons (Fsp3) is 0.0833. The molecule has 0 aliphatic heterocycles. The van der Waals surface area contributed by atoms with Gasteiger partial charge in [0, 0.05) is 4.88 Å². The van der Waals surface area contributed by atoms with E-state index in [4.69, 9.17) is 28.3 Å². The number of halogens is 2. The summed E-state index contributed by atoms with van der Waals surface area (Å²) in [5.74, 6) is -1.41. The number of carboxylic acid groups (broad SMARTS) is 1. The van der Waals surface area contributed by atoms with E-state index < -0.39 is 15.8 Å². The number of carboxylic acids is 1. The Bertz CT molecular complexity index is 766. The lowest BCUT2D eigenvalue weighted by atomic mass is 10.2. The molecule has 2 rings (SSSR count). The van der Waals surface area contributed by atoms with Crippen LogP contribution >= 0.6 is 34.5 Å². The number of carbonyl (C=O) groups is 1. The molecule has 0 saturated heterocycles. The number of rotatable bonds is 4. The van der Waals surface area contributed by atoms with E-state index in [0.29, 0.717) is 9.21 Å². The first-order valence-electron chi connectivity index (χ1n) is 5.29. The highest BCUT2D eigenvalue weighted by atomic mass is 35.5. The van der Waals surface area contributed by atoms with Crippen LogP contribution in [0.2, 0.25) is 9.36 Å². The highest BCUT2D eigenvalue weighted by Crippen LogP contribution is 2.27. The molecule has 1 heterocycles. The predicted octanol–water partition coefficient (Wildman–Crippen LogP) is 3.73. The maximum absolute atomic E-state index is 12.2. The normalized spacial score (nSPS) is 11.5. The molecular weight excluding hydrogens is 343 g/mol. The highest BCUT2D eigenvalue weighted by Gasteiger charge is 2.19. The summed E-state index contributed by atoms with van der Waals surface area (Å²) >= 11 is 12.7. The number of thiophene rings is 1. The first kappa shape index (κ1) is 15.3. The molecule has 1 aromatic heterocycles. The van der Waals surface area contributed by atoms with E-state index in [1.807, 2.05) is 0 Å². The van der Waals surface area contributed by atoms with Crippen molar-refractivity contribution in [1.82, 2.24) is 0 Å². The van der Waals surface area contributed by atoms with E-state index in [-0.39, 0.29) is 21.2 Å². The molecule has 8 heteroatoms. The number of aromatic carboxylic acids is 1. The van der Waals surface area contributed by atoms with Gasteiger partial charge < -0.3 is 5.11 Å². The van der Waals surface area contributed by atoms with Crippen LogP contribution in [0.15, 0.2) is 35.2 Å². The van der Waals surface area contributed by atoms with E-state index in [1.165, 1.54) is 23.5 Å². The lowest BCUT2D eigenvalue weighted by Gasteiger charge is -2.05. The Morgan fingerprint density at radius 2 is 1.90 bits per heavy atom. The zero-order valence-corrected chi connectivity index (χ0v) is 13.0. The summed E-state index contributed by atoms with van der Waals surface area (Å²) in [4.78, 5) is 11.4. The Morgan fingerprint density at radius 1 is 1.20 bits per heavy atom. The van der Waals surface area contributed by atoms with Gasteiger partial charge in [-0.25, -0.2) is 13.2 Å². The Kier molecular flexibility index (Phi) is 4.39. The average Bonchev–Trinajstić information content (AvgIpc) is 2.73. The summed E-state index contributed by atoms with van der Waals surface area (Å²) in [5, 5.41) is 8.74. The van der Waals surface area contributed by atoms with E-state index in [1.54, 1.807) is 12.1 Å². The minimum atomic E-state index is -3.59. The molecule has 1 N–H and O–H groups in total. The molecule has 2 aromatic rings. The lowest BCUT2D eigenvalue weighted by molar-refractivity contribution is 0.0697. The van der Waals surface area contributed by atoms with Gasteiger partial charge in [-0.3, -0.25) is 0 Å². The molecule has 1 aromatic carbocycles. The van der Waals surface area contributed by atoms with Gasteiger partial charge in [0.1, 0.15) is 0 Å². The van der Waals surface area contributed by atoms with Gasteiger partial charge in [-0.05, 0) is 30.3 Å². The van der Waals surface area contributed by atoms with Crippen LogP contribution in [0, 0.1) is 0 Å². The van der Waals surface area contributed by atoms with Crippen molar-refractivity contribution >= 4 is 50.3 Å². The summed E-state index contributed by atoms with van der Waals surface area (Å²) in [5.41, 5.74) is -0.134. The Hall–Kier alpha value is -1.08. The molecule has 0 aliphatic rings. The molecule has 0 unspecified atom stereocenters. The van der Waals surface area contributed by atoms with Crippen molar-refractivity contribution in [3.05, 3.63) is 50.1 Å². The van der Waals surface area contributed by atoms with Gasteiger partial charge in [0.25, 0.3) is 0 Å². The molecule has 0 fully saturated rings. The number of sulfone groups is 1. The molecule has 0 radical (unpaired) electrons. The van der Waals surface area contributed by atoms with E-state index in [2.05, 4.69) is 0 Å². The third-order valence-corrected chi connectivity index (χ3v) is 5.88. The fourth-order valence-corrected chi connectivity index (χ4v) is 4.68. The Balaban J connectivity index is 2.35. The summed E-state index contributed by atoms with van der Waals surface area (Å²) < 4.78 is 24.9. The van der Waals surface area contributed by atoms with Crippen LogP contribution in [0.4, 0.5) is 0 Å². The second-order valence-corrected chi connectivity index (χ2v) is 8.11. The number of hydrogen-bond acceptors (Lipinski definition) is 4. The van der Waals surface area contributed by atoms with Crippen LogP contribution in [0.5, 0.6) is 0 Å². The third kappa shape index (κ3) is 3.32. The first-order valence-corrected chi connectivity index (χ1v) is 8.52. The van der Waals surface area contributed by atoms with Gasteiger partial charge in [-0.2, -0.15) is 0 Å². The largest absolute Gasteiger partial charge is 0.478 e. The van der Waals surface area contributed by atoms with Gasteiger partial charge in [0.15, 0.2) is 9.84 Å². The smallest absolute Gasteiger partial charge is 0.337 e. The topological polar surface area (TPSA) is 71.4 Å². The number of benzene rings is 1. The van der Waals surface area contributed by atoms with Crippen LogP contribution in [-0.4, -0.2) is 19.5 Å². The zero-order chi connectivity index (χ0) is 14.9. The van der Waals surface area contributed by atoms with Gasteiger partial charge in [-0.15, -0.1) is 11.3 Å². The molecule has 20 heavy (non-hydrogen) atoms. The molecule has 106 valence electrons. The van der Waals surface area contributed by atoms with Crippen molar-refractivity contribution in [2.45, 2.75) is 10.6 Å². The van der Waals surface area contributed by atoms with Crippen molar-refractivity contribution in [2.24, 2.45) is 0 Å². The zero-order valence-electron chi connectivity index (χ0n) is 9.84. The van der Waals surface area contributed by atoms with Gasteiger partial charge >= 0.3 is 5.97 Å². The standard InChI is InChI=1S/C12H8Cl2O4S2/c13-10-5-8(2-3-9(10)12(15)16)20(17,18)6-7-1-4-11(14)19-7/h1-5H,6H2,(H,15,16). The van der Waals surface area contributed by atoms with E-state index in [9.17, 15) is 13.2 Å². The predicted molar refractivity (Wildman–Crippen MR) is 78.6 cm³/mol. The van der Waals surface area contributed by atoms with Crippen molar-refractivity contribution in [3.8, 4) is 0 Å². The second-order valence-electron chi connectivity index (χ2n) is 3.91. The quantitative estimate of drug-likeness (QED) is 0.911. The van der Waals surface area contributed by atoms with Crippen LogP contribution in [-0.2, 0) is 15.6 Å². The highest BCUT2D eigenvalue weighted by molar-refractivity contribution is 7.90. The SMILES string of the molecule is O=C(O)c1ccc(S(=O)(=O)Cc2ccc(Cl)s2)cc1Cl. The summed E-state index contributed by atoms with van der Waals surface area (Å²) in [7, 11) is -3.59. The van der Waals surface area contributed by atoms with Crippen LogP contribution in [0.3, 0.4) is 0 Å². The molecule has 0 spiro atoms. The van der Waals surface area contributed by atoms with Crippen LogP contribution in [0.1, 0.15) is 15.2 Å². The minimum Gasteiger partial charge on any atom is -0.478 e. The molecule has 0 amide bonds. The number of hydrogen-bond donors (Lipinski definition) is 1. The Morgan fingerprint density at radius 3 is 2.40 bits per heavy atom. The van der Waals surface area contributed by atoms with Crippen LogP contribution in [0.25, 0.3) is 0 Å². The molecule has 0 atom stereocenters. The van der Waals surface area contributed by atoms with Crippen molar-refractivity contribution in [1.29, 1.82) is 0 Å². The van der Waals surface area contributed by atoms with Crippen molar-refractivity contribution in [3.63, 3.8) is 0 Å². The maximum atomic E-state index is 12.2. The summed E-state index contributed by atoms with van der Waals surface area (Å²) in [6.45, 7) is 0. The Labute approximate surface area is 129 Å². The van der Waals surface area contributed by atoms with Gasteiger partial charge in [0.05, 0.1) is 25.6 Å². The summed E-state index contributed by atoms with van der Waals surface area (Å²) in [6, 6.07) is 6.82. The van der Waals surface area contributed by atoms with Crippen molar-refractivity contribution in [2.75, 3.05) is 0 Å².